The van der Waals surface area contributed by atoms with Crippen molar-refractivity contribution in [1.29, 1.82) is 0 Å². The fraction of sp³-hybridized carbons (Fsp3) is 0.444. The van der Waals surface area contributed by atoms with Gasteiger partial charge < -0.3 is 10.6 Å². The molecule has 1 aliphatic rings. The van der Waals surface area contributed by atoms with E-state index in [4.69, 9.17) is 5.73 Å². The van der Waals surface area contributed by atoms with Gasteiger partial charge in [0.25, 0.3) is 5.95 Å². The summed E-state index contributed by atoms with van der Waals surface area (Å²) in [7, 11) is -2.96. The lowest BCUT2D eigenvalue weighted by Gasteiger charge is -2.26. The van der Waals surface area contributed by atoms with Crippen LogP contribution in [-0.2, 0) is 9.84 Å². The fourth-order valence-corrected chi connectivity index (χ4v) is 3.04. The molecule has 0 radical (unpaired) electrons. The Hall–Kier alpha value is -2.30. The first-order chi connectivity index (χ1) is 9.53. The molecule has 20 heavy (non-hydrogen) atoms. The molecule has 3 rings (SSSR count). The molecule has 1 aliphatic heterocycles. The molecule has 2 aromatic heterocycles. The first kappa shape index (κ1) is 12.7. The second kappa shape index (κ2) is 4.67. The molecule has 0 unspecified atom stereocenters. The van der Waals surface area contributed by atoms with E-state index in [1.807, 2.05) is 0 Å². The molecule has 0 saturated carbocycles. The molecule has 1 saturated heterocycles. The Kier molecular flexibility index (Phi) is 2.97. The predicted molar refractivity (Wildman–Crippen MR) is 70.0 cm³/mol. The maximum Gasteiger partial charge on any atom is 0.258 e. The summed E-state index contributed by atoms with van der Waals surface area (Å²) in [6.45, 7) is 0.672. The van der Waals surface area contributed by atoms with Gasteiger partial charge in [-0.3, -0.25) is 0 Å². The number of nitrogen functional groups attached to an aromatic ring is 1. The van der Waals surface area contributed by atoms with E-state index < -0.39 is 9.84 Å². The van der Waals surface area contributed by atoms with Crippen molar-refractivity contribution in [3.63, 3.8) is 0 Å². The van der Waals surface area contributed by atoms with Gasteiger partial charge in [-0.15, -0.1) is 0 Å². The van der Waals surface area contributed by atoms with E-state index in [1.54, 1.807) is 4.90 Å². The largest absolute Gasteiger partial charge is 0.368 e. The zero-order chi connectivity index (χ0) is 14.2. The Morgan fingerprint density at radius 1 is 1.10 bits per heavy atom. The number of hydrogen-bond donors (Lipinski definition) is 1. The summed E-state index contributed by atoms with van der Waals surface area (Å²) in [6.07, 6.45) is 2.80. The molecule has 0 aromatic carbocycles. The molecular formula is C9H12N8O2S. The Labute approximate surface area is 114 Å². The second-order valence-electron chi connectivity index (χ2n) is 4.27. The number of aromatic nitrogens is 6. The standard InChI is InChI=1S/C9H12N8O2S/c10-7-13-8(16-1-3-20(18,19)4-2-16)15-9(14-7)17-6-11-5-12-17/h5-6H,1-4H2,(H2,10,13,14,15). The van der Waals surface area contributed by atoms with E-state index in [1.165, 1.54) is 17.3 Å². The van der Waals surface area contributed by atoms with Gasteiger partial charge in [-0.25, -0.2) is 13.4 Å². The fourth-order valence-electron chi connectivity index (χ4n) is 1.84. The third-order valence-corrected chi connectivity index (χ3v) is 4.49. The van der Waals surface area contributed by atoms with Crippen molar-refractivity contribution in [1.82, 2.24) is 29.7 Å². The lowest BCUT2D eigenvalue weighted by molar-refractivity contribution is 0.585. The lowest BCUT2D eigenvalue weighted by atomic mass is 10.5. The van der Waals surface area contributed by atoms with Crippen LogP contribution in [0, 0.1) is 0 Å². The molecule has 11 heteroatoms. The van der Waals surface area contributed by atoms with Crippen LogP contribution in [0.4, 0.5) is 11.9 Å². The van der Waals surface area contributed by atoms with Crippen molar-refractivity contribution in [3.8, 4) is 5.95 Å². The molecule has 2 aromatic rings. The summed E-state index contributed by atoms with van der Waals surface area (Å²) in [5.74, 6) is 0.805. The average Bonchev–Trinajstić information content (AvgIpc) is 2.91. The van der Waals surface area contributed by atoms with Crippen LogP contribution in [0.25, 0.3) is 5.95 Å². The third-order valence-electron chi connectivity index (χ3n) is 2.88. The van der Waals surface area contributed by atoms with Gasteiger partial charge in [0.2, 0.25) is 11.9 Å². The Morgan fingerprint density at radius 2 is 1.80 bits per heavy atom. The number of sulfone groups is 1. The van der Waals surface area contributed by atoms with E-state index in [-0.39, 0.29) is 23.4 Å². The van der Waals surface area contributed by atoms with Crippen LogP contribution in [0.15, 0.2) is 12.7 Å². The van der Waals surface area contributed by atoms with Crippen LogP contribution in [-0.4, -0.2) is 62.7 Å². The molecule has 0 aliphatic carbocycles. The smallest absolute Gasteiger partial charge is 0.258 e. The number of nitrogens with two attached hydrogens (primary N) is 1. The molecule has 0 bridgehead atoms. The first-order valence-electron chi connectivity index (χ1n) is 5.85. The van der Waals surface area contributed by atoms with E-state index in [2.05, 4.69) is 25.0 Å². The van der Waals surface area contributed by atoms with E-state index >= 15 is 0 Å². The van der Waals surface area contributed by atoms with Crippen LogP contribution in [0.1, 0.15) is 0 Å². The van der Waals surface area contributed by atoms with Crippen LogP contribution in [0.2, 0.25) is 0 Å². The monoisotopic (exact) mass is 296 g/mol. The highest BCUT2D eigenvalue weighted by Crippen LogP contribution is 2.14. The minimum atomic E-state index is -2.96. The number of hydrogen-bond acceptors (Lipinski definition) is 9. The van der Waals surface area contributed by atoms with Crippen molar-refractivity contribution in [2.75, 3.05) is 35.2 Å². The normalized spacial score (nSPS) is 18.1. The molecule has 0 atom stereocenters. The van der Waals surface area contributed by atoms with E-state index in [9.17, 15) is 8.42 Å². The van der Waals surface area contributed by atoms with Gasteiger partial charge in [-0.2, -0.15) is 24.7 Å². The van der Waals surface area contributed by atoms with E-state index in [0.29, 0.717) is 19.0 Å². The van der Waals surface area contributed by atoms with Gasteiger partial charge in [0.1, 0.15) is 12.7 Å². The van der Waals surface area contributed by atoms with Gasteiger partial charge in [-0.1, -0.05) is 0 Å². The summed E-state index contributed by atoms with van der Waals surface area (Å²) in [4.78, 5) is 17.8. The van der Waals surface area contributed by atoms with Crippen LogP contribution in [0.3, 0.4) is 0 Å². The van der Waals surface area contributed by atoms with E-state index in [0.717, 1.165) is 0 Å². The zero-order valence-electron chi connectivity index (χ0n) is 10.4. The zero-order valence-corrected chi connectivity index (χ0v) is 11.2. The SMILES string of the molecule is Nc1nc(N2CCS(=O)(=O)CC2)nc(-n2cncn2)n1. The third kappa shape index (κ3) is 2.52. The molecular weight excluding hydrogens is 284 g/mol. The number of nitrogens with zero attached hydrogens (tertiary/aromatic N) is 7. The molecule has 106 valence electrons. The summed E-state index contributed by atoms with van der Waals surface area (Å²) < 4.78 is 24.2. The average molecular weight is 296 g/mol. The molecule has 1 fully saturated rings. The molecule has 3 heterocycles. The van der Waals surface area contributed by atoms with Crippen molar-refractivity contribution in [2.24, 2.45) is 0 Å². The van der Waals surface area contributed by atoms with Crippen molar-refractivity contribution in [2.45, 2.75) is 0 Å². The van der Waals surface area contributed by atoms with Gasteiger partial charge in [0.15, 0.2) is 9.84 Å². The summed E-state index contributed by atoms with van der Waals surface area (Å²) >= 11 is 0. The second-order valence-corrected chi connectivity index (χ2v) is 6.58. The summed E-state index contributed by atoms with van der Waals surface area (Å²) in [5, 5.41) is 3.92. The summed E-state index contributed by atoms with van der Waals surface area (Å²) in [6, 6.07) is 0. The summed E-state index contributed by atoms with van der Waals surface area (Å²) in [5.41, 5.74) is 5.66. The predicted octanol–water partition coefficient (Wildman–Crippen LogP) is -1.73. The van der Waals surface area contributed by atoms with Crippen LogP contribution < -0.4 is 10.6 Å². The highest BCUT2D eigenvalue weighted by molar-refractivity contribution is 7.91. The molecule has 2 N–H and O–H groups in total. The Balaban J connectivity index is 1.91. The van der Waals surface area contributed by atoms with Crippen molar-refractivity contribution in [3.05, 3.63) is 12.7 Å². The van der Waals surface area contributed by atoms with Gasteiger partial charge in [0, 0.05) is 13.1 Å². The highest BCUT2D eigenvalue weighted by atomic mass is 32.2. The highest BCUT2D eigenvalue weighted by Gasteiger charge is 2.24. The van der Waals surface area contributed by atoms with Gasteiger partial charge in [0.05, 0.1) is 11.5 Å². The van der Waals surface area contributed by atoms with Crippen LogP contribution in [0.5, 0.6) is 0 Å². The Bertz CT molecular complexity index is 700. The molecule has 0 amide bonds. The molecule has 10 nitrogen and oxygen atoms in total. The van der Waals surface area contributed by atoms with Crippen molar-refractivity contribution < 1.29 is 8.42 Å². The number of rotatable bonds is 2. The minimum absolute atomic E-state index is 0.0499. The number of anilines is 2. The topological polar surface area (TPSA) is 133 Å². The Morgan fingerprint density at radius 3 is 2.45 bits per heavy atom. The molecule has 0 spiro atoms. The quantitative estimate of drug-likeness (QED) is 0.686. The first-order valence-corrected chi connectivity index (χ1v) is 7.67. The van der Waals surface area contributed by atoms with Gasteiger partial charge >= 0.3 is 0 Å². The van der Waals surface area contributed by atoms with Gasteiger partial charge in [-0.05, 0) is 0 Å². The maximum atomic E-state index is 11.4. The lowest BCUT2D eigenvalue weighted by Crippen LogP contribution is -2.41. The van der Waals surface area contributed by atoms with Crippen LogP contribution >= 0.6 is 0 Å². The van der Waals surface area contributed by atoms with Crippen molar-refractivity contribution >= 4 is 21.7 Å². The maximum absolute atomic E-state index is 11.4. The minimum Gasteiger partial charge on any atom is -0.368 e.